The van der Waals surface area contributed by atoms with Crippen molar-refractivity contribution in [1.29, 1.82) is 5.26 Å². The summed E-state index contributed by atoms with van der Waals surface area (Å²) in [5.74, 6) is 1.30. The average Bonchev–Trinajstić information content (AvgIpc) is 2.99. The molecular formula is C16H20N2O2. The summed E-state index contributed by atoms with van der Waals surface area (Å²) in [4.78, 5) is 11.6. The van der Waals surface area contributed by atoms with Crippen LogP contribution >= 0.6 is 0 Å². The molecule has 4 nitrogen and oxygen atoms in total. The summed E-state index contributed by atoms with van der Waals surface area (Å²) in [6.45, 7) is 0.761. The fourth-order valence-corrected chi connectivity index (χ4v) is 2.54. The van der Waals surface area contributed by atoms with E-state index in [0.717, 1.165) is 18.9 Å². The fourth-order valence-electron chi connectivity index (χ4n) is 2.54. The molecular weight excluding hydrogens is 252 g/mol. The van der Waals surface area contributed by atoms with Gasteiger partial charge in [0.1, 0.15) is 5.75 Å². The topological polar surface area (TPSA) is 62.1 Å². The van der Waals surface area contributed by atoms with Crippen LogP contribution in [0.15, 0.2) is 24.3 Å². The number of nitrogens with zero attached hydrogens (tertiary/aromatic N) is 1. The molecule has 0 atom stereocenters. The van der Waals surface area contributed by atoms with Gasteiger partial charge < -0.3 is 10.1 Å². The van der Waals surface area contributed by atoms with Crippen molar-refractivity contribution in [3.63, 3.8) is 0 Å². The van der Waals surface area contributed by atoms with Gasteiger partial charge in [-0.15, -0.1) is 0 Å². The van der Waals surface area contributed by atoms with Gasteiger partial charge in [-0.05, 0) is 36.6 Å². The Balaban J connectivity index is 1.62. The third-order valence-electron chi connectivity index (χ3n) is 3.70. The molecule has 106 valence electrons. The third-order valence-corrected chi connectivity index (χ3v) is 3.70. The van der Waals surface area contributed by atoms with Gasteiger partial charge in [0.25, 0.3) is 5.91 Å². The normalized spacial score (nSPS) is 14.8. The number of hydrogen-bond donors (Lipinski definition) is 1. The summed E-state index contributed by atoms with van der Waals surface area (Å²) >= 11 is 0. The number of rotatable bonds is 6. The van der Waals surface area contributed by atoms with Crippen LogP contribution in [0, 0.1) is 17.2 Å². The zero-order valence-corrected chi connectivity index (χ0v) is 11.6. The maximum atomic E-state index is 11.6. The van der Waals surface area contributed by atoms with E-state index in [1.807, 2.05) is 6.07 Å². The van der Waals surface area contributed by atoms with Gasteiger partial charge in [-0.2, -0.15) is 5.26 Å². The summed E-state index contributed by atoms with van der Waals surface area (Å²) in [7, 11) is 0. The first kappa shape index (κ1) is 14.4. The van der Waals surface area contributed by atoms with E-state index in [9.17, 15) is 4.79 Å². The molecule has 20 heavy (non-hydrogen) atoms. The zero-order valence-electron chi connectivity index (χ0n) is 11.6. The number of hydrogen-bond acceptors (Lipinski definition) is 3. The number of benzene rings is 1. The van der Waals surface area contributed by atoms with Crippen LogP contribution < -0.4 is 10.1 Å². The van der Waals surface area contributed by atoms with Gasteiger partial charge in [0, 0.05) is 6.54 Å². The minimum absolute atomic E-state index is 0.0244. The van der Waals surface area contributed by atoms with Crippen molar-refractivity contribution in [3.05, 3.63) is 29.8 Å². The van der Waals surface area contributed by atoms with Crippen molar-refractivity contribution >= 4 is 5.91 Å². The van der Waals surface area contributed by atoms with Crippen LogP contribution in [0.25, 0.3) is 0 Å². The van der Waals surface area contributed by atoms with Gasteiger partial charge in [-0.3, -0.25) is 4.79 Å². The molecule has 1 N–H and O–H groups in total. The van der Waals surface area contributed by atoms with E-state index in [1.54, 1.807) is 24.3 Å². The van der Waals surface area contributed by atoms with Gasteiger partial charge in [-0.25, -0.2) is 0 Å². The molecule has 1 fully saturated rings. The predicted octanol–water partition coefficient (Wildman–Crippen LogP) is 2.63. The van der Waals surface area contributed by atoms with E-state index in [4.69, 9.17) is 10.00 Å². The molecule has 2 rings (SSSR count). The number of nitrogens with one attached hydrogen (secondary N) is 1. The van der Waals surface area contributed by atoms with E-state index in [0.29, 0.717) is 11.3 Å². The quantitative estimate of drug-likeness (QED) is 0.866. The van der Waals surface area contributed by atoms with E-state index < -0.39 is 0 Å². The Labute approximate surface area is 119 Å². The number of nitriles is 1. The Morgan fingerprint density at radius 3 is 2.65 bits per heavy atom. The molecule has 1 aliphatic carbocycles. The van der Waals surface area contributed by atoms with Crippen molar-refractivity contribution in [3.8, 4) is 11.8 Å². The highest BCUT2D eigenvalue weighted by atomic mass is 16.5. The van der Waals surface area contributed by atoms with Gasteiger partial charge in [-0.1, -0.05) is 25.7 Å². The van der Waals surface area contributed by atoms with Crippen LogP contribution in [-0.2, 0) is 4.79 Å². The number of amides is 1. The number of carbonyl (C=O) groups excluding carboxylic acids is 1. The Kier molecular flexibility index (Phi) is 5.43. The standard InChI is InChI=1S/C16H20N2O2/c17-11-14-5-7-15(8-6-14)20-12-16(19)18-10-9-13-3-1-2-4-13/h5-8,13H,1-4,9-10,12H2,(H,18,19). The van der Waals surface area contributed by atoms with Crippen molar-refractivity contribution in [2.24, 2.45) is 5.92 Å². The summed E-state index contributed by atoms with van der Waals surface area (Å²) in [6, 6.07) is 8.78. The van der Waals surface area contributed by atoms with Crippen LogP contribution in [0.4, 0.5) is 0 Å². The summed E-state index contributed by atoms with van der Waals surface area (Å²) in [5.41, 5.74) is 0.582. The van der Waals surface area contributed by atoms with E-state index >= 15 is 0 Å². The van der Waals surface area contributed by atoms with Crippen LogP contribution in [0.3, 0.4) is 0 Å². The fraction of sp³-hybridized carbons (Fsp3) is 0.500. The van der Waals surface area contributed by atoms with Crippen molar-refractivity contribution in [2.45, 2.75) is 32.1 Å². The molecule has 4 heteroatoms. The maximum absolute atomic E-state index is 11.6. The first-order valence-electron chi connectivity index (χ1n) is 7.17. The van der Waals surface area contributed by atoms with Crippen molar-refractivity contribution in [1.82, 2.24) is 5.32 Å². The van der Waals surface area contributed by atoms with Gasteiger partial charge >= 0.3 is 0 Å². The second kappa shape index (κ2) is 7.54. The molecule has 1 saturated carbocycles. The molecule has 1 aromatic rings. The van der Waals surface area contributed by atoms with Crippen molar-refractivity contribution < 1.29 is 9.53 Å². The lowest BCUT2D eigenvalue weighted by molar-refractivity contribution is -0.123. The summed E-state index contributed by atoms with van der Waals surface area (Å²) in [5, 5.41) is 11.6. The van der Waals surface area contributed by atoms with Gasteiger partial charge in [0.15, 0.2) is 6.61 Å². The van der Waals surface area contributed by atoms with Gasteiger partial charge in [0.2, 0.25) is 0 Å². The Hall–Kier alpha value is -2.02. The highest BCUT2D eigenvalue weighted by molar-refractivity contribution is 5.77. The van der Waals surface area contributed by atoms with E-state index in [-0.39, 0.29) is 12.5 Å². The number of carbonyl (C=O) groups is 1. The molecule has 0 spiro atoms. The molecule has 1 aromatic carbocycles. The minimum atomic E-state index is -0.0904. The molecule has 1 amide bonds. The second-order valence-electron chi connectivity index (χ2n) is 5.21. The number of ether oxygens (including phenoxy) is 1. The summed E-state index contributed by atoms with van der Waals surface area (Å²) < 4.78 is 5.37. The highest BCUT2D eigenvalue weighted by Crippen LogP contribution is 2.26. The largest absolute Gasteiger partial charge is 0.484 e. The highest BCUT2D eigenvalue weighted by Gasteiger charge is 2.14. The van der Waals surface area contributed by atoms with Crippen molar-refractivity contribution in [2.75, 3.05) is 13.2 Å². The first-order valence-corrected chi connectivity index (χ1v) is 7.17. The predicted molar refractivity (Wildman–Crippen MR) is 76.2 cm³/mol. The lowest BCUT2D eigenvalue weighted by Gasteiger charge is -2.10. The monoisotopic (exact) mass is 272 g/mol. The minimum Gasteiger partial charge on any atom is -0.484 e. The Morgan fingerprint density at radius 1 is 1.30 bits per heavy atom. The molecule has 0 radical (unpaired) electrons. The summed E-state index contributed by atoms with van der Waals surface area (Å²) in [6.07, 6.45) is 6.35. The van der Waals surface area contributed by atoms with E-state index in [1.165, 1.54) is 25.7 Å². The smallest absolute Gasteiger partial charge is 0.257 e. The third kappa shape index (κ3) is 4.58. The first-order chi connectivity index (χ1) is 9.78. The molecule has 0 heterocycles. The van der Waals surface area contributed by atoms with Crippen LogP contribution in [0.2, 0.25) is 0 Å². The molecule has 0 saturated heterocycles. The van der Waals surface area contributed by atoms with Crippen LogP contribution in [-0.4, -0.2) is 19.1 Å². The van der Waals surface area contributed by atoms with Gasteiger partial charge in [0.05, 0.1) is 11.6 Å². The lowest BCUT2D eigenvalue weighted by atomic mass is 10.0. The maximum Gasteiger partial charge on any atom is 0.257 e. The van der Waals surface area contributed by atoms with Crippen LogP contribution in [0.1, 0.15) is 37.7 Å². The molecule has 0 bridgehead atoms. The Morgan fingerprint density at radius 2 is 2.00 bits per heavy atom. The molecule has 0 aliphatic heterocycles. The molecule has 0 aromatic heterocycles. The average molecular weight is 272 g/mol. The second-order valence-corrected chi connectivity index (χ2v) is 5.21. The zero-order chi connectivity index (χ0) is 14.2. The van der Waals surface area contributed by atoms with E-state index in [2.05, 4.69) is 5.32 Å². The Bertz CT molecular complexity index is 470. The SMILES string of the molecule is N#Cc1ccc(OCC(=O)NCCC2CCCC2)cc1. The molecule has 0 unspecified atom stereocenters. The lowest BCUT2D eigenvalue weighted by Crippen LogP contribution is -2.30. The van der Waals surface area contributed by atoms with Crippen LogP contribution in [0.5, 0.6) is 5.75 Å². The molecule has 1 aliphatic rings.